The smallest absolute Gasteiger partial charge is 0.238 e. The second-order valence-electron chi connectivity index (χ2n) is 6.31. The van der Waals surface area contributed by atoms with Gasteiger partial charge in [0.1, 0.15) is 5.03 Å². The zero-order valence-corrected chi connectivity index (χ0v) is 13.0. The first-order chi connectivity index (χ1) is 9.70. The molecule has 1 aromatic rings. The van der Waals surface area contributed by atoms with Crippen molar-refractivity contribution in [1.82, 2.24) is 4.98 Å². The van der Waals surface area contributed by atoms with Gasteiger partial charge in [-0.3, -0.25) is 0 Å². The van der Waals surface area contributed by atoms with Gasteiger partial charge in [0.05, 0.1) is 12.3 Å². The van der Waals surface area contributed by atoms with Gasteiger partial charge >= 0.3 is 0 Å². The van der Waals surface area contributed by atoms with Crippen LogP contribution in [-0.4, -0.2) is 16.8 Å². The number of nitrogens with two attached hydrogens (primary N) is 1. The summed E-state index contributed by atoms with van der Waals surface area (Å²) in [6.45, 7) is 3.12. The maximum Gasteiger partial charge on any atom is 0.238 e. The fourth-order valence-corrected chi connectivity index (χ4v) is 4.09. The van der Waals surface area contributed by atoms with Gasteiger partial charge in [0.15, 0.2) is 0 Å². The topological polar surface area (TPSA) is 48.1 Å². The van der Waals surface area contributed by atoms with Gasteiger partial charge in [-0.2, -0.15) is 0 Å². The van der Waals surface area contributed by atoms with Crippen LogP contribution in [0, 0.1) is 11.8 Å². The summed E-state index contributed by atoms with van der Waals surface area (Å²) in [7, 11) is 0. The second kappa shape index (κ2) is 6.25. The van der Waals surface area contributed by atoms with Crippen molar-refractivity contribution in [2.75, 3.05) is 12.3 Å². The fourth-order valence-electron chi connectivity index (χ4n) is 2.75. The predicted molar refractivity (Wildman–Crippen MR) is 84.1 cm³/mol. The van der Waals surface area contributed by atoms with Gasteiger partial charge in [-0.1, -0.05) is 19.8 Å². The number of anilines is 1. The van der Waals surface area contributed by atoms with Crippen molar-refractivity contribution in [3.8, 4) is 5.88 Å². The van der Waals surface area contributed by atoms with Gasteiger partial charge in [-0.05, 0) is 49.7 Å². The molecule has 3 rings (SSSR count). The Morgan fingerprint density at radius 2 is 2.15 bits per heavy atom. The highest BCUT2D eigenvalue weighted by Gasteiger charge is 2.23. The van der Waals surface area contributed by atoms with E-state index in [1.54, 1.807) is 0 Å². The lowest BCUT2D eigenvalue weighted by Gasteiger charge is -2.25. The Morgan fingerprint density at radius 3 is 2.90 bits per heavy atom. The van der Waals surface area contributed by atoms with Crippen molar-refractivity contribution in [3.05, 3.63) is 12.1 Å². The lowest BCUT2D eigenvalue weighted by molar-refractivity contribution is 0.288. The monoisotopic (exact) mass is 292 g/mol. The van der Waals surface area contributed by atoms with E-state index in [1.807, 2.05) is 23.9 Å². The van der Waals surface area contributed by atoms with Gasteiger partial charge in [0.25, 0.3) is 0 Å². The lowest BCUT2D eigenvalue weighted by Crippen LogP contribution is -2.15. The van der Waals surface area contributed by atoms with Crippen molar-refractivity contribution in [1.29, 1.82) is 0 Å². The molecule has 0 saturated heterocycles. The molecule has 2 aliphatic carbocycles. The predicted octanol–water partition coefficient (Wildman–Crippen LogP) is 4.12. The Labute approximate surface area is 125 Å². The first-order valence-corrected chi connectivity index (χ1v) is 8.64. The number of aromatic nitrogens is 1. The summed E-state index contributed by atoms with van der Waals surface area (Å²) in [6, 6.07) is 3.97. The van der Waals surface area contributed by atoms with Gasteiger partial charge in [0.2, 0.25) is 5.88 Å². The highest BCUT2D eigenvalue weighted by atomic mass is 32.2. The largest absolute Gasteiger partial charge is 0.476 e. The van der Waals surface area contributed by atoms with Crippen LogP contribution < -0.4 is 10.5 Å². The molecule has 110 valence electrons. The molecular formula is C16H24N2OS. The molecule has 2 atom stereocenters. The van der Waals surface area contributed by atoms with Crippen LogP contribution in [0.2, 0.25) is 0 Å². The minimum Gasteiger partial charge on any atom is -0.476 e. The number of rotatable bonds is 5. The quantitative estimate of drug-likeness (QED) is 0.886. The Hall–Kier alpha value is -0.900. The minimum atomic E-state index is 0.630. The van der Waals surface area contributed by atoms with E-state index in [2.05, 4.69) is 11.9 Å². The molecule has 1 aromatic heterocycles. The van der Waals surface area contributed by atoms with Crippen molar-refractivity contribution in [3.63, 3.8) is 0 Å². The molecule has 0 spiro atoms. The summed E-state index contributed by atoms with van der Waals surface area (Å²) in [5, 5.41) is 1.76. The van der Waals surface area contributed by atoms with Gasteiger partial charge in [-0.15, -0.1) is 11.8 Å². The molecule has 0 amide bonds. The molecule has 20 heavy (non-hydrogen) atoms. The summed E-state index contributed by atoms with van der Waals surface area (Å²) >= 11 is 1.89. The maximum absolute atomic E-state index is 5.95. The molecule has 2 fully saturated rings. The first kappa shape index (κ1) is 14.1. The fraction of sp³-hybridized carbons (Fsp3) is 0.688. The molecule has 0 radical (unpaired) electrons. The molecular weight excluding hydrogens is 268 g/mol. The van der Waals surface area contributed by atoms with Crippen LogP contribution in [0.5, 0.6) is 5.88 Å². The molecule has 0 aliphatic heterocycles. The number of nitrogens with zero attached hydrogens (tertiary/aromatic N) is 1. The third-order valence-corrected chi connectivity index (χ3v) is 5.42. The van der Waals surface area contributed by atoms with E-state index < -0.39 is 0 Å². The highest BCUT2D eigenvalue weighted by Crippen LogP contribution is 2.37. The number of hydrogen-bond acceptors (Lipinski definition) is 4. The molecule has 2 aliphatic rings. The van der Waals surface area contributed by atoms with Crippen molar-refractivity contribution < 1.29 is 4.74 Å². The van der Waals surface area contributed by atoms with E-state index in [9.17, 15) is 0 Å². The van der Waals surface area contributed by atoms with Crippen molar-refractivity contribution in [2.24, 2.45) is 11.8 Å². The average Bonchev–Trinajstić information content (AvgIpc) is 3.23. The zero-order valence-electron chi connectivity index (χ0n) is 12.2. The standard InChI is InChI=1S/C16H24N2OS/c1-11-3-2-4-13(9-11)20-15-8-7-14(17)16(18-15)19-10-12-5-6-12/h7-8,11-13H,2-6,9-10,17H2,1H3. The Balaban J connectivity index is 1.61. The molecule has 1 heterocycles. The van der Waals surface area contributed by atoms with Gasteiger partial charge in [0, 0.05) is 5.25 Å². The van der Waals surface area contributed by atoms with E-state index in [0.29, 0.717) is 16.8 Å². The first-order valence-electron chi connectivity index (χ1n) is 7.76. The molecule has 0 aromatic carbocycles. The van der Waals surface area contributed by atoms with Crippen LogP contribution >= 0.6 is 11.8 Å². The van der Waals surface area contributed by atoms with Crippen LogP contribution in [0.15, 0.2) is 17.2 Å². The minimum absolute atomic E-state index is 0.630. The number of thioether (sulfide) groups is 1. The van der Waals surface area contributed by atoms with Crippen molar-refractivity contribution in [2.45, 2.75) is 55.7 Å². The summed E-state index contributed by atoms with van der Waals surface area (Å²) in [5.41, 5.74) is 6.61. The maximum atomic E-state index is 5.95. The Kier molecular flexibility index (Phi) is 4.39. The second-order valence-corrected chi connectivity index (χ2v) is 7.63. The summed E-state index contributed by atoms with van der Waals surface area (Å²) in [4.78, 5) is 4.61. The third-order valence-electron chi connectivity index (χ3n) is 4.19. The zero-order chi connectivity index (χ0) is 13.9. The van der Waals surface area contributed by atoms with E-state index in [-0.39, 0.29) is 0 Å². The summed E-state index contributed by atoms with van der Waals surface area (Å²) in [6.07, 6.45) is 7.90. The van der Waals surface area contributed by atoms with E-state index in [0.717, 1.165) is 23.5 Å². The Bertz CT molecular complexity index is 462. The molecule has 4 heteroatoms. The molecule has 2 N–H and O–H groups in total. The van der Waals surface area contributed by atoms with Crippen LogP contribution in [0.1, 0.15) is 45.4 Å². The molecule has 2 unspecified atom stereocenters. The number of ether oxygens (including phenoxy) is 1. The van der Waals surface area contributed by atoms with Crippen LogP contribution in [0.25, 0.3) is 0 Å². The van der Waals surface area contributed by atoms with Crippen molar-refractivity contribution >= 4 is 17.4 Å². The highest BCUT2D eigenvalue weighted by molar-refractivity contribution is 7.99. The summed E-state index contributed by atoms with van der Waals surface area (Å²) < 4.78 is 5.76. The van der Waals surface area contributed by atoms with Crippen LogP contribution in [-0.2, 0) is 0 Å². The van der Waals surface area contributed by atoms with Crippen LogP contribution in [0.3, 0.4) is 0 Å². The lowest BCUT2D eigenvalue weighted by atomic mass is 9.91. The third kappa shape index (κ3) is 3.81. The number of pyridine rings is 1. The molecule has 3 nitrogen and oxygen atoms in total. The average molecular weight is 292 g/mol. The number of hydrogen-bond donors (Lipinski definition) is 1. The SMILES string of the molecule is CC1CCCC(Sc2ccc(N)c(OCC3CC3)n2)C1. The number of nitrogen functional groups attached to an aromatic ring is 1. The normalized spacial score (nSPS) is 26.4. The van der Waals surface area contributed by atoms with Crippen LogP contribution in [0.4, 0.5) is 5.69 Å². The van der Waals surface area contributed by atoms with E-state index in [1.165, 1.54) is 38.5 Å². The van der Waals surface area contributed by atoms with Gasteiger partial charge < -0.3 is 10.5 Å². The summed E-state index contributed by atoms with van der Waals surface area (Å²) in [5.74, 6) is 2.21. The Morgan fingerprint density at radius 1 is 1.30 bits per heavy atom. The van der Waals surface area contributed by atoms with Gasteiger partial charge in [-0.25, -0.2) is 4.98 Å². The molecule has 2 saturated carbocycles. The van der Waals surface area contributed by atoms with E-state index >= 15 is 0 Å². The molecule has 0 bridgehead atoms. The van der Waals surface area contributed by atoms with E-state index in [4.69, 9.17) is 10.5 Å².